The molecule has 0 amide bonds. The summed E-state index contributed by atoms with van der Waals surface area (Å²) in [7, 11) is 0. The first-order valence-corrected chi connectivity index (χ1v) is 6.53. The average Bonchev–Trinajstić information content (AvgIpc) is 2.33. The molecular formula is C15H22O. The lowest BCUT2D eigenvalue weighted by atomic mass is 9.89. The van der Waals surface area contributed by atoms with Gasteiger partial charge >= 0.3 is 0 Å². The first-order chi connectivity index (χ1) is 7.78. The quantitative estimate of drug-likeness (QED) is 0.738. The van der Waals surface area contributed by atoms with E-state index >= 15 is 0 Å². The van der Waals surface area contributed by atoms with Crippen LogP contribution in [0.4, 0.5) is 0 Å². The van der Waals surface area contributed by atoms with Gasteiger partial charge in [-0.2, -0.15) is 0 Å². The lowest BCUT2D eigenvalue weighted by molar-refractivity contribution is 0.135. The Morgan fingerprint density at radius 2 is 1.69 bits per heavy atom. The van der Waals surface area contributed by atoms with Gasteiger partial charge < -0.3 is 4.74 Å². The second-order valence-corrected chi connectivity index (χ2v) is 5.00. The van der Waals surface area contributed by atoms with E-state index in [0.717, 1.165) is 18.1 Å². The zero-order valence-corrected chi connectivity index (χ0v) is 10.4. The fraction of sp³-hybridized carbons (Fsp3) is 0.600. The van der Waals surface area contributed by atoms with Gasteiger partial charge in [0, 0.05) is 0 Å². The van der Waals surface area contributed by atoms with Crippen molar-refractivity contribution in [3.05, 3.63) is 29.8 Å². The third-order valence-corrected chi connectivity index (χ3v) is 3.60. The molecule has 1 aliphatic carbocycles. The Balaban J connectivity index is 1.88. The van der Waals surface area contributed by atoms with Crippen LogP contribution in [0.1, 0.15) is 45.1 Å². The molecule has 2 rings (SSSR count). The number of aryl methyl sites for hydroxylation is 1. The van der Waals surface area contributed by atoms with E-state index in [9.17, 15) is 0 Å². The van der Waals surface area contributed by atoms with Gasteiger partial charge in [0.1, 0.15) is 5.75 Å². The summed E-state index contributed by atoms with van der Waals surface area (Å²) in [6, 6.07) is 8.55. The fourth-order valence-electron chi connectivity index (χ4n) is 2.34. The van der Waals surface area contributed by atoms with Crippen LogP contribution in [-0.4, -0.2) is 6.10 Å². The second kappa shape index (κ2) is 5.38. The van der Waals surface area contributed by atoms with Crippen LogP contribution in [0.25, 0.3) is 0 Å². The highest BCUT2D eigenvalue weighted by molar-refractivity contribution is 5.27. The molecule has 0 atom stereocenters. The highest BCUT2D eigenvalue weighted by atomic mass is 16.5. The van der Waals surface area contributed by atoms with E-state index in [1.807, 2.05) is 0 Å². The van der Waals surface area contributed by atoms with E-state index in [-0.39, 0.29) is 0 Å². The minimum absolute atomic E-state index is 0.448. The van der Waals surface area contributed by atoms with E-state index < -0.39 is 0 Å². The second-order valence-electron chi connectivity index (χ2n) is 5.00. The van der Waals surface area contributed by atoms with Crippen LogP contribution in [0, 0.1) is 5.92 Å². The van der Waals surface area contributed by atoms with Crippen molar-refractivity contribution in [3.8, 4) is 5.75 Å². The minimum Gasteiger partial charge on any atom is -0.490 e. The van der Waals surface area contributed by atoms with Gasteiger partial charge in [0.2, 0.25) is 0 Å². The summed E-state index contributed by atoms with van der Waals surface area (Å²) in [4.78, 5) is 0. The van der Waals surface area contributed by atoms with E-state index in [0.29, 0.717) is 6.10 Å². The molecule has 1 saturated carbocycles. The maximum absolute atomic E-state index is 6.00. The van der Waals surface area contributed by atoms with Crippen molar-refractivity contribution in [1.82, 2.24) is 0 Å². The van der Waals surface area contributed by atoms with Crippen molar-refractivity contribution in [2.24, 2.45) is 5.92 Å². The SMILES string of the molecule is CCc1ccc(OC2CCC(C)CC2)cc1. The molecule has 1 aliphatic rings. The zero-order chi connectivity index (χ0) is 11.4. The predicted molar refractivity (Wildman–Crippen MR) is 67.9 cm³/mol. The molecule has 0 heterocycles. The Morgan fingerprint density at radius 1 is 1.06 bits per heavy atom. The van der Waals surface area contributed by atoms with Gasteiger partial charge in [0.05, 0.1) is 6.10 Å². The summed E-state index contributed by atoms with van der Waals surface area (Å²) in [6.45, 7) is 4.52. The van der Waals surface area contributed by atoms with Crippen LogP contribution in [0.2, 0.25) is 0 Å². The van der Waals surface area contributed by atoms with E-state index in [2.05, 4.69) is 38.1 Å². The number of rotatable bonds is 3. The molecule has 0 saturated heterocycles. The molecule has 1 nitrogen and oxygen atoms in total. The molecule has 1 heteroatoms. The maximum Gasteiger partial charge on any atom is 0.119 e. The number of benzene rings is 1. The van der Waals surface area contributed by atoms with Crippen LogP contribution in [0.5, 0.6) is 5.75 Å². The molecule has 16 heavy (non-hydrogen) atoms. The fourth-order valence-corrected chi connectivity index (χ4v) is 2.34. The molecule has 88 valence electrons. The van der Waals surface area contributed by atoms with Gasteiger partial charge in [0.25, 0.3) is 0 Å². The molecule has 1 fully saturated rings. The highest BCUT2D eigenvalue weighted by Crippen LogP contribution is 2.27. The summed E-state index contributed by atoms with van der Waals surface area (Å²) < 4.78 is 6.00. The number of hydrogen-bond donors (Lipinski definition) is 0. The van der Waals surface area contributed by atoms with Gasteiger partial charge in [-0.25, -0.2) is 0 Å². The summed E-state index contributed by atoms with van der Waals surface area (Å²) in [6.07, 6.45) is 6.62. The van der Waals surface area contributed by atoms with Crippen molar-refractivity contribution >= 4 is 0 Å². The van der Waals surface area contributed by atoms with Crippen molar-refractivity contribution in [2.45, 2.75) is 52.1 Å². The Labute approximate surface area is 98.8 Å². The van der Waals surface area contributed by atoms with Crippen LogP contribution >= 0.6 is 0 Å². The molecule has 0 bridgehead atoms. The van der Waals surface area contributed by atoms with Crippen molar-refractivity contribution in [1.29, 1.82) is 0 Å². The summed E-state index contributed by atoms with van der Waals surface area (Å²) in [5.41, 5.74) is 1.38. The monoisotopic (exact) mass is 218 g/mol. The van der Waals surface area contributed by atoms with Gasteiger partial charge in [-0.3, -0.25) is 0 Å². The zero-order valence-electron chi connectivity index (χ0n) is 10.4. The molecule has 0 spiro atoms. The van der Waals surface area contributed by atoms with Gasteiger partial charge in [0.15, 0.2) is 0 Å². The normalized spacial score (nSPS) is 25.4. The van der Waals surface area contributed by atoms with Crippen molar-refractivity contribution < 1.29 is 4.74 Å². The molecule has 0 aromatic heterocycles. The minimum atomic E-state index is 0.448. The molecule has 0 aliphatic heterocycles. The summed E-state index contributed by atoms with van der Waals surface area (Å²) >= 11 is 0. The first kappa shape index (κ1) is 11.5. The van der Waals surface area contributed by atoms with Crippen LogP contribution in [0.15, 0.2) is 24.3 Å². The molecular weight excluding hydrogens is 196 g/mol. The Morgan fingerprint density at radius 3 is 2.25 bits per heavy atom. The van der Waals surface area contributed by atoms with Gasteiger partial charge in [-0.1, -0.05) is 26.0 Å². The molecule has 0 N–H and O–H groups in total. The lowest BCUT2D eigenvalue weighted by Gasteiger charge is -2.26. The molecule has 0 radical (unpaired) electrons. The molecule has 0 unspecified atom stereocenters. The molecule has 1 aromatic rings. The third-order valence-electron chi connectivity index (χ3n) is 3.60. The summed E-state index contributed by atoms with van der Waals surface area (Å²) in [5.74, 6) is 1.93. The standard InChI is InChI=1S/C15H22O/c1-3-13-6-10-15(11-7-13)16-14-8-4-12(2)5-9-14/h6-7,10-12,14H,3-5,8-9H2,1-2H3. The van der Waals surface area contributed by atoms with Gasteiger partial charge in [-0.05, 0) is 55.7 Å². The largest absolute Gasteiger partial charge is 0.490 e. The smallest absolute Gasteiger partial charge is 0.119 e. The Hall–Kier alpha value is -0.980. The van der Waals surface area contributed by atoms with Crippen LogP contribution in [0.3, 0.4) is 0 Å². The van der Waals surface area contributed by atoms with Gasteiger partial charge in [-0.15, -0.1) is 0 Å². The predicted octanol–water partition coefficient (Wildman–Crippen LogP) is 4.21. The maximum atomic E-state index is 6.00. The Kier molecular flexibility index (Phi) is 3.87. The Bertz CT molecular complexity index is 307. The highest BCUT2D eigenvalue weighted by Gasteiger charge is 2.19. The first-order valence-electron chi connectivity index (χ1n) is 6.53. The van der Waals surface area contributed by atoms with Crippen molar-refractivity contribution in [3.63, 3.8) is 0 Å². The number of ether oxygens (including phenoxy) is 1. The lowest BCUT2D eigenvalue weighted by Crippen LogP contribution is -2.22. The van der Waals surface area contributed by atoms with E-state index in [1.54, 1.807) is 0 Å². The summed E-state index contributed by atoms with van der Waals surface area (Å²) in [5, 5.41) is 0. The van der Waals surface area contributed by atoms with Crippen LogP contribution in [-0.2, 0) is 6.42 Å². The molecule has 1 aromatic carbocycles. The number of hydrogen-bond acceptors (Lipinski definition) is 1. The van der Waals surface area contributed by atoms with Crippen molar-refractivity contribution in [2.75, 3.05) is 0 Å². The third kappa shape index (κ3) is 3.01. The van der Waals surface area contributed by atoms with Crippen LogP contribution < -0.4 is 4.74 Å². The van der Waals surface area contributed by atoms with E-state index in [1.165, 1.54) is 31.2 Å². The average molecular weight is 218 g/mol. The topological polar surface area (TPSA) is 9.23 Å². The van der Waals surface area contributed by atoms with E-state index in [4.69, 9.17) is 4.74 Å².